The van der Waals surface area contributed by atoms with Crippen LogP contribution in [0.4, 0.5) is 13.2 Å². The zero-order valence-electron chi connectivity index (χ0n) is 17.7. The quantitative estimate of drug-likeness (QED) is 0.157. The molecule has 1 unspecified atom stereocenters. The number of hydrogen-bond acceptors (Lipinski definition) is 3. The number of aliphatic imine (C=N–C) groups is 1. The summed E-state index contributed by atoms with van der Waals surface area (Å²) >= 11 is 18.2. The molecule has 0 fully saturated rings. The fourth-order valence-electron chi connectivity index (χ4n) is 3.22. The van der Waals surface area contributed by atoms with Gasteiger partial charge in [-0.3, -0.25) is 4.99 Å². The predicted octanol–water partition coefficient (Wildman–Crippen LogP) is 7.61. The molecular weight excluding hydrogens is 486 g/mol. The van der Waals surface area contributed by atoms with Gasteiger partial charge in [0.05, 0.1) is 23.8 Å². The molecule has 32 heavy (non-hydrogen) atoms. The van der Waals surface area contributed by atoms with Crippen LogP contribution in [-0.2, 0) is 14.9 Å². The van der Waals surface area contributed by atoms with E-state index < -0.39 is 30.5 Å². The zero-order chi connectivity index (χ0) is 24.1. The summed E-state index contributed by atoms with van der Waals surface area (Å²) in [5, 5.41) is 0.249. The van der Waals surface area contributed by atoms with Gasteiger partial charge in [0, 0.05) is 22.2 Å². The highest BCUT2D eigenvalue weighted by Gasteiger charge is 2.58. The third kappa shape index (κ3) is 5.97. The Kier molecular flexibility index (Phi) is 9.03. The number of ether oxygens (including phenoxy) is 1. The summed E-state index contributed by atoms with van der Waals surface area (Å²) in [5.41, 5.74) is -1.76. The van der Waals surface area contributed by atoms with Gasteiger partial charge in [-0.25, -0.2) is 4.79 Å². The molecule has 2 rings (SSSR count). The van der Waals surface area contributed by atoms with E-state index >= 15 is 0 Å². The Labute approximate surface area is 200 Å². The lowest BCUT2D eigenvalue weighted by Crippen LogP contribution is -2.43. The van der Waals surface area contributed by atoms with Gasteiger partial charge in [0.15, 0.2) is 0 Å². The van der Waals surface area contributed by atoms with Crippen LogP contribution in [-0.4, -0.2) is 31.0 Å². The van der Waals surface area contributed by atoms with Crippen molar-refractivity contribution < 1.29 is 22.7 Å². The predicted molar refractivity (Wildman–Crippen MR) is 124 cm³/mol. The number of hydrogen-bond donors (Lipinski definition) is 0. The van der Waals surface area contributed by atoms with Gasteiger partial charge in [-0.15, -0.1) is 0 Å². The summed E-state index contributed by atoms with van der Waals surface area (Å²) < 4.78 is 47.9. The number of unbranched alkanes of at least 4 members (excludes halogenated alkanes) is 1. The van der Waals surface area contributed by atoms with Crippen LogP contribution < -0.4 is 0 Å². The molecule has 0 spiro atoms. The van der Waals surface area contributed by atoms with Crippen molar-refractivity contribution in [2.24, 2.45) is 4.99 Å². The normalized spacial score (nSPS) is 20.0. The summed E-state index contributed by atoms with van der Waals surface area (Å²) in [6.45, 7) is 6.84. The van der Waals surface area contributed by atoms with Crippen LogP contribution in [0.5, 0.6) is 0 Å². The molecule has 3 nitrogen and oxygen atoms in total. The van der Waals surface area contributed by atoms with E-state index in [1.165, 1.54) is 37.3 Å². The summed E-state index contributed by atoms with van der Waals surface area (Å²) in [4.78, 5) is 16.3. The summed E-state index contributed by atoms with van der Waals surface area (Å²) in [6, 6.07) is 3.87. The molecular formula is C23H23Cl3F3NO2. The lowest BCUT2D eigenvalue weighted by molar-refractivity contribution is -0.183. The Balaban J connectivity index is 2.37. The fraction of sp³-hybridized carbons (Fsp3) is 0.391. The molecule has 1 aromatic rings. The number of rotatable bonds is 8. The summed E-state index contributed by atoms with van der Waals surface area (Å²) in [5.74, 6) is -0.588. The van der Waals surface area contributed by atoms with E-state index in [2.05, 4.69) is 11.6 Å². The van der Waals surface area contributed by atoms with Crippen LogP contribution in [0.15, 0.2) is 58.1 Å². The average molecular weight is 509 g/mol. The monoisotopic (exact) mass is 507 g/mol. The van der Waals surface area contributed by atoms with Crippen LogP contribution in [0, 0.1) is 0 Å². The number of esters is 1. The van der Waals surface area contributed by atoms with Crippen molar-refractivity contribution >= 4 is 46.5 Å². The number of alkyl halides is 3. The van der Waals surface area contributed by atoms with Gasteiger partial charge in [-0.1, -0.05) is 60.8 Å². The van der Waals surface area contributed by atoms with Gasteiger partial charge in [0.25, 0.3) is 0 Å². The first-order valence-electron chi connectivity index (χ1n) is 9.89. The Morgan fingerprint density at radius 2 is 1.91 bits per heavy atom. The third-order valence-electron chi connectivity index (χ3n) is 5.20. The second kappa shape index (κ2) is 10.9. The van der Waals surface area contributed by atoms with E-state index in [-0.39, 0.29) is 44.1 Å². The van der Waals surface area contributed by atoms with Crippen LogP contribution >= 0.6 is 34.8 Å². The van der Waals surface area contributed by atoms with Crippen LogP contribution in [0.3, 0.4) is 0 Å². The smallest absolute Gasteiger partial charge is 0.400 e. The Hall–Kier alpha value is -1.76. The maximum Gasteiger partial charge on any atom is 0.400 e. The maximum absolute atomic E-state index is 14.2. The van der Waals surface area contributed by atoms with E-state index in [0.717, 1.165) is 6.42 Å². The topological polar surface area (TPSA) is 38.7 Å². The van der Waals surface area contributed by atoms with Crippen molar-refractivity contribution in [3.63, 3.8) is 0 Å². The zero-order valence-corrected chi connectivity index (χ0v) is 19.9. The molecule has 0 bridgehead atoms. The molecule has 0 saturated heterocycles. The van der Waals surface area contributed by atoms with Gasteiger partial charge < -0.3 is 4.74 Å². The molecule has 1 aliphatic heterocycles. The minimum absolute atomic E-state index is 0.0411. The molecule has 1 atom stereocenters. The number of allylic oxidation sites excluding steroid dienone is 4. The van der Waals surface area contributed by atoms with E-state index in [1.54, 1.807) is 0 Å². The van der Waals surface area contributed by atoms with E-state index in [4.69, 9.17) is 39.5 Å². The molecule has 0 amide bonds. The van der Waals surface area contributed by atoms with Crippen molar-refractivity contribution in [1.29, 1.82) is 0 Å². The van der Waals surface area contributed by atoms with Gasteiger partial charge in [0.1, 0.15) is 5.41 Å². The highest BCUT2D eigenvalue weighted by atomic mass is 35.5. The first-order valence-corrected chi connectivity index (χ1v) is 11.0. The maximum atomic E-state index is 14.2. The Bertz CT molecular complexity index is 963. The second-order valence-electron chi connectivity index (χ2n) is 7.44. The fourth-order valence-corrected chi connectivity index (χ4v) is 3.94. The minimum Gasteiger partial charge on any atom is -0.462 e. The number of carbonyl (C=O) groups is 1. The van der Waals surface area contributed by atoms with Crippen molar-refractivity contribution in [2.45, 2.75) is 44.7 Å². The van der Waals surface area contributed by atoms with Gasteiger partial charge in [-0.05, 0) is 48.8 Å². The Morgan fingerprint density at radius 1 is 1.28 bits per heavy atom. The molecule has 1 aliphatic rings. The number of carbonyl (C=O) groups excluding carboxylic acids is 1. The summed E-state index contributed by atoms with van der Waals surface area (Å²) in [7, 11) is 0. The second-order valence-corrected chi connectivity index (χ2v) is 8.72. The first kappa shape index (κ1) is 26.5. The number of benzene rings is 1. The molecule has 1 heterocycles. The van der Waals surface area contributed by atoms with Crippen molar-refractivity contribution in [3.8, 4) is 0 Å². The van der Waals surface area contributed by atoms with Crippen LogP contribution in [0.25, 0.3) is 0 Å². The SMILES string of the molecule is C=C/C(=C\C(Cl)=C(/C)C(=O)OCCCC)C1=NCC(c2cc(Cl)cc(Cl)c2)(C(F)(F)F)C1. The molecule has 0 N–H and O–H groups in total. The van der Waals surface area contributed by atoms with Gasteiger partial charge >= 0.3 is 12.1 Å². The molecule has 0 aromatic heterocycles. The lowest BCUT2D eigenvalue weighted by Gasteiger charge is -2.31. The molecule has 9 heteroatoms. The average Bonchev–Trinajstić information content (AvgIpc) is 3.17. The molecule has 0 saturated carbocycles. The van der Waals surface area contributed by atoms with Gasteiger partial charge in [0.2, 0.25) is 0 Å². The molecule has 174 valence electrons. The van der Waals surface area contributed by atoms with Crippen molar-refractivity contribution in [2.75, 3.05) is 13.2 Å². The standard InChI is InChI=1S/C23H23Cl3F3NO2/c1-4-6-7-32-21(31)14(3)19(26)8-15(5-2)20-12-22(13-30-20,23(27,28)29)16-9-17(24)11-18(25)10-16/h5,8-11H,2,4,6-7,12-13H2,1,3H3/b15-8+,19-14-. The van der Waals surface area contributed by atoms with E-state index in [1.807, 2.05) is 6.92 Å². The molecule has 1 aromatic carbocycles. The highest BCUT2D eigenvalue weighted by Crippen LogP contribution is 2.49. The largest absolute Gasteiger partial charge is 0.462 e. The van der Waals surface area contributed by atoms with Gasteiger partial charge in [-0.2, -0.15) is 13.2 Å². The number of halogens is 6. The van der Waals surface area contributed by atoms with Crippen molar-refractivity contribution in [3.05, 3.63) is 68.7 Å². The molecule has 0 aliphatic carbocycles. The number of nitrogens with zero attached hydrogens (tertiary/aromatic N) is 1. The van der Waals surface area contributed by atoms with Crippen molar-refractivity contribution in [1.82, 2.24) is 0 Å². The van der Waals surface area contributed by atoms with Crippen LogP contribution in [0.1, 0.15) is 38.7 Å². The highest BCUT2D eigenvalue weighted by molar-refractivity contribution is 6.35. The molecule has 0 radical (unpaired) electrons. The van der Waals surface area contributed by atoms with E-state index in [0.29, 0.717) is 6.42 Å². The van der Waals surface area contributed by atoms with E-state index in [9.17, 15) is 18.0 Å². The Morgan fingerprint density at radius 3 is 2.44 bits per heavy atom. The first-order chi connectivity index (χ1) is 14.9. The third-order valence-corrected chi connectivity index (χ3v) is 6.03. The lowest BCUT2D eigenvalue weighted by atomic mass is 9.76. The van der Waals surface area contributed by atoms with Crippen LogP contribution in [0.2, 0.25) is 10.0 Å². The minimum atomic E-state index is -4.61. The summed E-state index contributed by atoms with van der Waals surface area (Å²) in [6.07, 6.45) is -0.751.